The van der Waals surface area contributed by atoms with E-state index < -0.39 is 0 Å². The Morgan fingerprint density at radius 1 is 1.10 bits per heavy atom. The van der Waals surface area contributed by atoms with E-state index in [2.05, 4.69) is 24.5 Å². The minimum atomic E-state index is -0.210. The Bertz CT molecular complexity index is 831. The average molecular weight is 396 g/mol. The number of hydrogen-bond donors (Lipinski definition) is 2. The third kappa shape index (κ3) is 5.28. The summed E-state index contributed by atoms with van der Waals surface area (Å²) in [5, 5.41) is 5.98. The van der Waals surface area contributed by atoms with E-state index in [0.717, 1.165) is 35.5 Å². The first-order valence-corrected chi connectivity index (χ1v) is 10.1. The number of carbonyl (C=O) groups is 2. The molecule has 1 aliphatic rings. The zero-order valence-corrected chi connectivity index (χ0v) is 17.3. The Labute approximate surface area is 172 Å². The van der Waals surface area contributed by atoms with Crippen molar-refractivity contribution in [3.05, 3.63) is 59.7 Å². The summed E-state index contributed by atoms with van der Waals surface area (Å²) in [4.78, 5) is 26.1. The van der Waals surface area contributed by atoms with Crippen LogP contribution in [0.4, 0.5) is 10.5 Å². The normalized spacial score (nSPS) is 14.8. The maximum Gasteiger partial charge on any atom is 0.315 e. The molecule has 3 rings (SSSR count). The molecule has 0 saturated carbocycles. The number of nitrogens with zero attached hydrogens (tertiary/aromatic N) is 1. The van der Waals surface area contributed by atoms with Crippen molar-refractivity contribution in [3.63, 3.8) is 0 Å². The predicted molar refractivity (Wildman–Crippen MR) is 114 cm³/mol. The molecule has 2 N–H and O–H groups in total. The van der Waals surface area contributed by atoms with Gasteiger partial charge in [-0.3, -0.25) is 4.79 Å². The molecule has 0 radical (unpaired) electrons. The highest BCUT2D eigenvalue weighted by atomic mass is 16.5. The van der Waals surface area contributed by atoms with E-state index in [4.69, 9.17) is 4.74 Å². The van der Waals surface area contributed by atoms with E-state index in [1.54, 1.807) is 7.11 Å². The summed E-state index contributed by atoms with van der Waals surface area (Å²) in [5.74, 6) is 1.21. The molecule has 1 atom stereocenters. The lowest BCUT2D eigenvalue weighted by molar-refractivity contribution is -0.117. The Morgan fingerprint density at radius 3 is 2.34 bits per heavy atom. The van der Waals surface area contributed by atoms with Gasteiger partial charge in [-0.25, -0.2) is 4.79 Å². The number of methoxy groups -OCH3 is 1. The number of nitrogens with one attached hydrogen (secondary N) is 2. The lowest BCUT2D eigenvalue weighted by Gasteiger charge is -2.23. The lowest BCUT2D eigenvalue weighted by atomic mass is 9.96. The highest BCUT2D eigenvalue weighted by molar-refractivity contribution is 5.95. The second-order valence-corrected chi connectivity index (χ2v) is 7.64. The predicted octanol–water partition coefficient (Wildman–Crippen LogP) is 4.02. The van der Waals surface area contributed by atoms with Gasteiger partial charge in [0.1, 0.15) is 5.75 Å². The van der Waals surface area contributed by atoms with Crippen LogP contribution in [0.15, 0.2) is 48.5 Å². The van der Waals surface area contributed by atoms with E-state index in [9.17, 15) is 9.59 Å². The molecular formula is C23H29N3O3. The van der Waals surface area contributed by atoms with E-state index in [0.29, 0.717) is 13.0 Å². The SMILES string of the molecule is COc1ccc([C@@H](NC(=O)NCc2ccc(N3CCCC3=O)cc2)C(C)C)cc1. The van der Waals surface area contributed by atoms with Crippen LogP contribution in [0.25, 0.3) is 0 Å². The largest absolute Gasteiger partial charge is 0.497 e. The zero-order valence-electron chi connectivity index (χ0n) is 17.3. The Kier molecular flexibility index (Phi) is 6.75. The van der Waals surface area contributed by atoms with Gasteiger partial charge in [0.15, 0.2) is 0 Å². The summed E-state index contributed by atoms with van der Waals surface area (Å²) in [6, 6.07) is 15.2. The van der Waals surface area contributed by atoms with Crippen LogP contribution in [0.2, 0.25) is 0 Å². The van der Waals surface area contributed by atoms with Crippen LogP contribution in [0, 0.1) is 5.92 Å². The molecule has 6 heteroatoms. The quantitative estimate of drug-likeness (QED) is 0.744. The van der Waals surface area contributed by atoms with Gasteiger partial charge in [0.2, 0.25) is 5.91 Å². The molecule has 29 heavy (non-hydrogen) atoms. The summed E-state index contributed by atoms with van der Waals surface area (Å²) in [6.07, 6.45) is 1.53. The van der Waals surface area contributed by atoms with Gasteiger partial charge in [-0.05, 0) is 47.7 Å². The second-order valence-electron chi connectivity index (χ2n) is 7.64. The van der Waals surface area contributed by atoms with Crippen LogP contribution >= 0.6 is 0 Å². The number of rotatable bonds is 7. The smallest absolute Gasteiger partial charge is 0.315 e. The fraction of sp³-hybridized carbons (Fsp3) is 0.391. The fourth-order valence-corrected chi connectivity index (χ4v) is 3.54. The Balaban J connectivity index is 1.55. The van der Waals surface area contributed by atoms with E-state index in [1.807, 2.05) is 53.4 Å². The Morgan fingerprint density at radius 2 is 1.79 bits per heavy atom. The van der Waals surface area contributed by atoms with Crippen LogP contribution in [-0.2, 0) is 11.3 Å². The summed E-state index contributed by atoms with van der Waals surface area (Å²) in [5.41, 5.74) is 2.94. The zero-order chi connectivity index (χ0) is 20.8. The van der Waals surface area contributed by atoms with E-state index in [-0.39, 0.29) is 23.9 Å². The highest BCUT2D eigenvalue weighted by Crippen LogP contribution is 2.24. The van der Waals surface area contributed by atoms with Crippen molar-refractivity contribution >= 4 is 17.6 Å². The van der Waals surface area contributed by atoms with Crippen molar-refractivity contribution in [2.24, 2.45) is 5.92 Å². The van der Waals surface area contributed by atoms with Gasteiger partial charge in [0.25, 0.3) is 0 Å². The molecule has 1 aliphatic heterocycles. The molecule has 3 amide bonds. The minimum absolute atomic E-state index is 0.0931. The summed E-state index contributed by atoms with van der Waals surface area (Å²) in [7, 11) is 1.64. The monoisotopic (exact) mass is 395 g/mol. The Hall–Kier alpha value is -3.02. The van der Waals surface area contributed by atoms with Crippen LogP contribution < -0.4 is 20.3 Å². The van der Waals surface area contributed by atoms with Gasteiger partial charge >= 0.3 is 6.03 Å². The second kappa shape index (κ2) is 9.45. The van der Waals surface area contributed by atoms with Crippen LogP contribution in [0.3, 0.4) is 0 Å². The lowest BCUT2D eigenvalue weighted by Crippen LogP contribution is -2.39. The third-order valence-corrected chi connectivity index (χ3v) is 5.20. The number of benzene rings is 2. The first kappa shape index (κ1) is 20.7. The maximum absolute atomic E-state index is 12.4. The van der Waals surface area contributed by atoms with Gasteiger partial charge in [0.05, 0.1) is 13.2 Å². The van der Waals surface area contributed by atoms with Gasteiger partial charge in [-0.1, -0.05) is 38.1 Å². The maximum atomic E-state index is 12.4. The molecule has 1 saturated heterocycles. The van der Waals surface area contributed by atoms with Gasteiger partial charge < -0.3 is 20.3 Å². The minimum Gasteiger partial charge on any atom is -0.497 e. The molecule has 0 aliphatic carbocycles. The van der Waals surface area contributed by atoms with Crippen molar-refractivity contribution in [2.75, 3.05) is 18.6 Å². The number of ether oxygens (including phenoxy) is 1. The van der Waals surface area contributed by atoms with Crippen LogP contribution in [0.5, 0.6) is 5.75 Å². The molecule has 0 aromatic heterocycles. The highest BCUT2D eigenvalue weighted by Gasteiger charge is 2.21. The number of carbonyl (C=O) groups excluding carboxylic acids is 2. The van der Waals surface area contributed by atoms with Crippen molar-refractivity contribution in [2.45, 2.75) is 39.3 Å². The number of urea groups is 1. The van der Waals surface area contributed by atoms with E-state index >= 15 is 0 Å². The summed E-state index contributed by atoms with van der Waals surface area (Å²) in [6.45, 7) is 5.36. The topological polar surface area (TPSA) is 70.7 Å². The molecule has 0 spiro atoms. The average Bonchev–Trinajstić information content (AvgIpc) is 3.16. The number of amides is 3. The van der Waals surface area contributed by atoms with Crippen molar-refractivity contribution in [1.82, 2.24) is 10.6 Å². The van der Waals surface area contributed by atoms with E-state index in [1.165, 1.54) is 0 Å². The first-order valence-electron chi connectivity index (χ1n) is 10.1. The number of hydrogen-bond acceptors (Lipinski definition) is 3. The summed E-state index contributed by atoms with van der Waals surface area (Å²) < 4.78 is 5.20. The van der Waals surface area contributed by atoms with Crippen molar-refractivity contribution in [1.29, 1.82) is 0 Å². The molecular weight excluding hydrogens is 366 g/mol. The van der Waals surface area contributed by atoms with Gasteiger partial charge in [0, 0.05) is 25.2 Å². The third-order valence-electron chi connectivity index (χ3n) is 5.20. The molecule has 1 fully saturated rings. The molecule has 0 unspecified atom stereocenters. The number of anilines is 1. The first-order chi connectivity index (χ1) is 14.0. The molecule has 6 nitrogen and oxygen atoms in total. The van der Waals surface area contributed by atoms with Gasteiger partial charge in [-0.15, -0.1) is 0 Å². The van der Waals surface area contributed by atoms with Crippen molar-refractivity contribution in [3.8, 4) is 5.75 Å². The fourth-order valence-electron chi connectivity index (χ4n) is 3.54. The van der Waals surface area contributed by atoms with Crippen LogP contribution in [0.1, 0.15) is 43.9 Å². The molecule has 154 valence electrons. The van der Waals surface area contributed by atoms with Crippen molar-refractivity contribution < 1.29 is 14.3 Å². The molecule has 2 aromatic carbocycles. The molecule has 0 bridgehead atoms. The van der Waals surface area contributed by atoms with Crippen LogP contribution in [-0.4, -0.2) is 25.6 Å². The molecule has 1 heterocycles. The van der Waals surface area contributed by atoms with Gasteiger partial charge in [-0.2, -0.15) is 0 Å². The molecule has 2 aromatic rings. The summed E-state index contributed by atoms with van der Waals surface area (Å²) >= 11 is 0. The standard InChI is InChI=1S/C23H29N3O3/c1-16(2)22(18-8-12-20(29-3)13-9-18)25-23(28)24-15-17-6-10-19(11-7-17)26-14-4-5-21(26)27/h6-13,16,22H,4-5,14-15H2,1-3H3,(H2,24,25,28)/t22-/m0/s1.